The van der Waals surface area contributed by atoms with Gasteiger partial charge >= 0.3 is 5.97 Å². The number of hydrogen-bond donors (Lipinski definition) is 1. The number of nitrogens with one attached hydrogen (secondary N) is 1. The lowest BCUT2D eigenvalue weighted by Crippen LogP contribution is -2.40. The molecular weight excluding hydrogens is 459 g/mol. The van der Waals surface area contributed by atoms with E-state index in [0.717, 1.165) is 25.7 Å². The van der Waals surface area contributed by atoms with E-state index in [1.807, 2.05) is 14.0 Å². The summed E-state index contributed by atoms with van der Waals surface area (Å²) in [7, 11) is 3.16. The summed E-state index contributed by atoms with van der Waals surface area (Å²) >= 11 is 1.24. The van der Waals surface area contributed by atoms with E-state index in [-0.39, 0.29) is 18.1 Å². The highest BCUT2D eigenvalue weighted by molar-refractivity contribution is 7.20. The first-order valence-corrected chi connectivity index (χ1v) is 11.9. The SMILES string of the molecule is COC(=O)c1sc2ncnc(Nc3ccc(F)cc3O[C@H]3CC[C@H](N(C)C(C)=O)CC3)c2c1C. The zero-order chi connectivity index (χ0) is 24.4. The van der Waals surface area contributed by atoms with Crippen molar-refractivity contribution in [2.75, 3.05) is 19.5 Å². The van der Waals surface area contributed by atoms with Gasteiger partial charge in [-0.2, -0.15) is 0 Å². The van der Waals surface area contributed by atoms with E-state index in [9.17, 15) is 14.0 Å². The van der Waals surface area contributed by atoms with Crippen LogP contribution in [0, 0.1) is 12.7 Å². The van der Waals surface area contributed by atoms with Gasteiger partial charge in [0.25, 0.3) is 0 Å². The summed E-state index contributed by atoms with van der Waals surface area (Å²) in [5, 5.41) is 3.95. The molecule has 1 aliphatic rings. The van der Waals surface area contributed by atoms with Gasteiger partial charge in [0.05, 0.1) is 24.3 Å². The molecule has 0 bridgehead atoms. The molecule has 1 amide bonds. The van der Waals surface area contributed by atoms with Crippen LogP contribution in [0.5, 0.6) is 5.75 Å². The Morgan fingerprint density at radius 2 is 1.94 bits per heavy atom. The number of halogens is 1. The zero-order valence-electron chi connectivity index (χ0n) is 19.6. The first-order chi connectivity index (χ1) is 16.3. The van der Waals surface area contributed by atoms with E-state index < -0.39 is 11.8 Å². The van der Waals surface area contributed by atoms with Crippen LogP contribution in [0.15, 0.2) is 24.5 Å². The van der Waals surface area contributed by atoms with Gasteiger partial charge in [0.2, 0.25) is 5.91 Å². The molecule has 1 N–H and O–H groups in total. The molecule has 0 saturated heterocycles. The Labute approximate surface area is 201 Å². The minimum atomic E-state index is -0.428. The molecule has 2 aromatic heterocycles. The summed E-state index contributed by atoms with van der Waals surface area (Å²) in [6.45, 7) is 3.39. The smallest absolute Gasteiger partial charge is 0.348 e. The fraction of sp³-hybridized carbons (Fsp3) is 0.417. The lowest BCUT2D eigenvalue weighted by Gasteiger charge is -2.34. The van der Waals surface area contributed by atoms with Crippen molar-refractivity contribution in [1.82, 2.24) is 14.9 Å². The van der Waals surface area contributed by atoms with Crippen LogP contribution in [0.4, 0.5) is 15.9 Å². The highest BCUT2D eigenvalue weighted by atomic mass is 32.1. The van der Waals surface area contributed by atoms with E-state index in [2.05, 4.69) is 15.3 Å². The second kappa shape index (κ2) is 9.92. The highest BCUT2D eigenvalue weighted by Gasteiger charge is 2.27. The number of fused-ring (bicyclic) bond motifs is 1. The lowest BCUT2D eigenvalue weighted by molar-refractivity contribution is -0.130. The fourth-order valence-corrected chi connectivity index (χ4v) is 5.33. The van der Waals surface area contributed by atoms with E-state index >= 15 is 0 Å². The largest absolute Gasteiger partial charge is 0.488 e. The summed E-state index contributed by atoms with van der Waals surface area (Å²) in [4.78, 5) is 35.3. The van der Waals surface area contributed by atoms with Crippen molar-refractivity contribution in [2.24, 2.45) is 0 Å². The standard InChI is InChI=1S/C24H27FN4O4S/c1-13-20-22(26-12-27-23(20)34-21(13)24(31)32-4)28-18-10-5-15(25)11-19(18)33-17-8-6-16(7-9-17)29(3)14(2)30/h5,10-12,16-17H,6-9H2,1-4H3,(H,26,27,28)/t16-,17-. The van der Waals surface area contributed by atoms with E-state index in [4.69, 9.17) is 9.47 Å². The fourth-order valence-electron chi connectivity index (χ4n) is 4.27. The van der Waals surface area contributed by atoms with Gasteiger partial charge in [0.15, 0.2) is 0 Å². The second-order valence-corrected chi connectivity index (χ2v) is 9.39. The summed E-state index contributed by atoms with van der Waals surface area (Å²) in [5.41, 5.74) is 1.28. The van der Waals surface area contributed by atoms with Crippen molar-refractivity contribution in [2.45, 2.75) is 51.7 Å². The number of amides is 1. The van der Waals surface area contributed by atoms with Gasteiger partial charge in [-0.25, -0.2) is 19.2 Å². The summed E-state index contributed by atoms with van der Waals surface area (Å²) in [5.74, 6) is 0.103. The second-order valence-electron chi connectivity index (χ2n) is 8.39. The number of carbonyl (C=O) groups is 2. The van der Waals surface area contributed by atoms with Crippen molar-refractivity contribution in [3.05, 3.63) is 40.8 Å². The molecule has 1 saturated carbocycles. The number of thiophene rings is 1. The van der Waals surface area contributed by atoms with Gasteiger partial charge in [0, 0.05) is 26.1 Å². The number of nitrogens with zero attached hydrogens (tertiary/aromatic N) is 3. The molecule has 8 nitrogen and oxygen atoms in total. The number of rotatable bonds is 6. The number of benzene rings is 1. The number of esters is 1. The highest BCUT2D eigenvalue weighted by Crippen LogP contribution is 2.37. The van der Waals surface area contributed by atoms with Crippen molar-refractivity contribution < 1.29 is 23.5 Å². The Bertz CT molecular complexity index is 1220. The third kappa shape index (κ3) is 4.82. The van der Waals surface area contributed by atoms with Crippen molar-refractivity contribution >= 4 is 44.9 Å². The Hall–Kier alpha value is -3.27. The minimum Gasteiger partial charge on any atom is -0.488 e. The van der Waals surface area contributed by atoms with Crippen LogP contribution in [0.25, 0.3) is 10.2 Å². The first kappa shape index (κ1) is 23.9. The predicted octanol–water partition coefficient (Wildman–Crippen LogP) is 4.84. The number of anilines is 2. The molecule has 3 aromatic rings. The van der Waals surface area contributed by atoms with Crippen LogP contribution in [0.3, 0.4) is 0 Å². The minimum absolute atomic E-state index is 0.0521. The van der Waals surface area contributed by atoms with Gasteiger partial charge in [0.1, 0.15) is 33.4 Å². The van der Waals surface area contributed by atoms with Gasteiger partial charge in [-0.3, -0.25) is 4.79 Å². The van der Waals surface area contributed by atoms with Crippen LogP contribution < -0.4 is 10.1 Å². The van der Waals surface area contributed by atoms with Crippen molar-refractivity contribution in [1.29, 1.82) is 0 Å². The Kier molecular flexibility index (Phi) is 6.97. The molecule has 4 rings (SSSR count). The molecule has 0 unspecified atom stereocenters. The zero-order valence-corrected chi connectivity index (χ0v) is 20.4. The number of methoxy groups -OCH3 is 1. The summed E-state index contributed by atoms with van der Waals surface area (Å²) in [6, 6.07) is 4.51. The molecular formula is C24H27FN4O4S. The lowest BCUT2D eigenvalue weighted by atomic mass is 9.92. The van der Waals surface area contributed by atoms with E-state index in [0.29, 0.717) is 37.9 Å². The molecule has 1 fully saturated rings. The normalized spacial score (nSPS) is 17.9. The van der Waals surface area contributed by atoms with Gasteiger partial charge in [-0.05, 0) is 50.3 Å². The molecule has 34 heavy (non-hydrogen) atoms. The molecule has 2 heterocycles. The summed E-state index contributed by atoms with van der Waals surface area (Å²) < 4.78 is 25.2. The number of ether oxygens (including phenoxy) is 2. The maximum atomic E-state index is 14.1. The molecule has 1 aliphatic carbocycles. The first-order valence-electron chi connectivity index (χ1n) is 11.1. The predicted molar refractivity (Wildman–Crippen MR) is 128 cm³/mol. The topological polar surface area (TPSA) is 93.7 Å². The maximum absolute atomic E-state index is 14.1. The summed E-state index contributed by atoms with van der Waals surface area (Å²) in [6.07, 6.45) is 4.52. The van der Waals surface area contributed by atoms with Crippen LogP contribution in [0.2, 0.25) is 0 Å². The van der Waals surface area contributed by atoms with Crippen molar-refractivity contribution in [3.63, 3.8) is 0 Å². The third-order valence-electron chi connectivity index (χ3n) is 6.28. The Morgan fingerprint density at radius 1 is 1.21 bits per heavy atom. The average molecular weight is 487 g/mol. The molecule has 0 aliphatic heterocycles. The van der Waals surface area contributed by atoms with E-state index in [1.54, 1.807) is 17.9 Å². The molecule has 180 valence electrons. The van der Waals surface area contributed by atoms with Gasteiger partial charge in [-0.1, -0.05) is 0 Å². The monoisotopic (exact) mass is 486 g/mol. The third-order valence-corrected chi connectivity index (χ3v) is 7.46. The molecule has 0 spiro atoms. The molecule has 0 radical (unpaired) electrons. The van der Waals surface area contributed by atoms with Crippen molar-refractivity contribution in [3.8, 4) is 5.75 Å². The van der Waals surface area contributed by atoms with Crippen LogP contribution in [-0.4, -0.2) is 53.0 Å². The van der Waals surface area contributed by atoms with E-state index in [1.165, 1.54) is 36.9 Å². The number of aryl methyl sites for hydroxylation is 1. The Morgan fingerprint density at radius 3 is 2.62 bits per heavy atom. The maximum Gasteiger partial charge on any atom is 0.348 e. The number of aromatic nitrogens is 2. The van der Waals surface area contributed by atoms with Gasteiger partial charge < -0.3 is 19.7 Å². The molecule has 10 heteroatoms. The number of hydrogen-bond acceptors (Lipinski definition) is 8. The quantitative estimate of drug-likeness (QED) is 0.499. The Balaban J connectivity index is 1.57. The molecule has 1 aromatic carbocycles. The number of carbonyl (C=O) groups excluding carboxylic acids is 2. The average Bonchev–Trinajstić information content (AvgIpc) is 3.17. The molecule has 0 atom stereocenters. The van der Waals surface area contributed by atoms with Gasteiger partial charge in [-0.15, -0.1) is 11.3 Å². The van der Waals surface area contributed by atoms with Crippen LogP contribution in [0.1, 0.15) is 47.8 Å². The van der Waals surface area contributed by atoms with Crippen LogP contribution in [-0.2, 0) is 9.53 Å². The van der Waals surface area contributed by atoms with Crippen LogP contribution >= 0.6 is 11.3 Å².